The quantitative estimate of drug-likeness (QED) is 0.758. The van der Waals surface area contributed by atoms with Crippen molar-refractivity contribution < 1.29 is 18.6 Å². The molecule has 0 heterocycles. The third kappa shape index (κ3) is 5.21. The van der Waals surface area contributed by atoms with Gasteiger partial charge < -0.3 is 15.2 Å². The number of ether oxygens (including phenoxy) is 1. The summed E-state index contributed by atoms with van der Waals surface area (Å²) < 4.78 is 28.7. The molecule has 0 spiro atoms. The Labute approximate surface area is 134 Å². The van der Waals surface area contributed by atoms with E-state index in [1.165, 1.54) is 0 Å². The van der Waals surface area contributed by atoms with E-state index in [1.807, 2.05) is 24.3 Å². The summed E-state index contributed by atoms with van der Waals surface area (Å²) in [7, 11) is 0. The van der Waals surface area contributed by atoms with E-state index in [0.717, 1.165) is 23.2 Å². The zero-order valence-corrected chi connectivity index (χ0v) is 13.0. The van der Waals surface area contributed by atoms with E-state index in [0.29, 0.717) is 6.42 Å². The molecule has 2 aromatic carbocycles. The average molecular weight is 321 g/mol. The second-order valence-corrected chi connectivity index (χ2v) is 5.22. The topological polar surface area (TPSA) is 41.5 Å². The molecule has 0 saturated heterocycles. The monoisotopic (exact) mass is 321 g/mol. The molecule has 0 aliphatic heterocycles. The maximum absolute atomic E-state index is 12.2. The fourth-order valence-corrected chi connectivity index (χ4v) is 2.40. The SMILES string of the molecule is CCC(Nc1ccc(CCO)cc1)c1ccc(OC(F)F)cc1. The van der Waals surface area contributed by atoms with E-state index >= 15 is 0 Å². The van der Waals surface area contributed by atoms with Crippen LogP contribution in [-0.2, 0) is 6.42 Å². The van der Waals surface area contributed by atoms with Crippen molar-refractivity contribution in [1.82, 2.24) is 0 Å². The number of hydrogen-bond acceptors (Lipinski definition) is 3. The van der Waals surface area contributed by atoms with Gasteiger partial charge in [0.15, 0.2) is 0 Å². The Morgan fingerprint density at radius 3 is 2.22 bits per heavy atom. The first-order valence-electron chi connectivity index (χ1n) is 7.63. The average Bonchev–Trinajstić information content (AvgIpc) is 2.55. The van der Waals surface area contributed by atoms with E-state index in [4.69, 9.17) is 5.11 Å². The summed E-state index contributed by atoms with van der Waals surface area (Å²) in [6.45, 7) is -0.614. The molecule has 0 bridgehead atoms. The number of benzene rings is 2. The summed E-state index contributed by atoms with van der Waals surface area (Å²) in [4.78, 5) is 0. The smallest absolute Gasteiger partial charge is 0.387 e. The zero-order chi connectivity index (χ0) is 16.7. The molecule has 23 heavy (non-hydrogen) atoms. The second-order valence-electron chi connectivity index (χ2n) is 5.22. The van der Waals surface area contributed by atoms with Gasteiger partial charge in [-0.1, -0.05) is 31.2 Å². The van der Waals surface area contributed by atoms with Gasteiger partial charge >= 0.3 is 6.61 Å². The van der Waals surface area contributed by atoms with Crippen LogP contribution in [-0.4, -0.2) is 18.3 Å². The van der Waals surface area contributed by atoms with Crippen LogP contribution >= 0.6 is 0 Å². The molecular weight excluding hydrogens is 300 g/mol. The van der Waals surface area contributed by atoms with E-state index < -0.39 is 6.61 Å². The number of aliphatic hydroxyl groups excluding tert-OH is 1. The Kier molecular flexibility index (Phi) is 6.35. The zero-order valence-electron chi connectivity index (χ0n) is 13.0. The highest BCUT2D eigenvalue weighted by molar-refractivity contribution is 5.47. The minimum Gasteiger partial charge on any atom is -0.435 e. The van der Waals surface area contributed by atoms with Crippen molar-refractivity contribution in [3.8, 4) is 5.75 Å². The lowest BCUT2D eigenvalue weighted by Crippen LogP contribution is -2.10. The fraction of sp³-hybridized carbons (Fsp3) is 0.333. The Hall–Kier alpha value is -2.14. The molecule has 0 radical (unpaired) electrons. The molecule has 0 amide bonds. The number of halogens is 2. The van der Waals surface area contributed by atoms with Gasteiger partial charge in [-0.25, -0.2) is 0 Å². The molecule has 0 aliphatic rings. The third-order valence-corrected chi connectivity index (χ3v) is 3.61. The van der Waals surface area contributed by atoms with Crippen LogP contribution < -0.4 is 10.1 Å². The van der Waals surface area contributed by atoms with Gasteiger partial charge in [-0.15, -0.1) is 0 Å². The van der Waals surface area contributed by atoms with E-state index in [1.54, 1.807) is 24.3 Å². The Bertz CT molecular complexity index is 585. The maximum atomic E-state index is 12.2. The lowest BCUT2D eigenvalue weighted by Gasteiger charge is -2.19. The summed E-state index contributed by atoms with van der Waals surface area (Å²) in [5.74, 6) is 0.159. The van der Waals surface area contributed by atoms with Crippen LogP contribution in [0.25, 0.3) is 0 Å². The standard InChI is InChI=1S/C18H21F2NO2/c1-2-17(14-5-9-16(10-6-14)23-18(19)20)21-15-7-3-13(4-8-15)11-12-22/h3-10,17-18,21-22H,2,11-12H2,1H3. The Balaban J connectivity index is 2.04. The van der Waals surface area contributed by atoms with E-state index in [9.17, 15) is 8.78 Å². The number of anilines is 1. The normalized spacial score (nSPS) is 12.2. The van der Waals surface area contributed by atoms with Crippen LogP contribution in [0.4, 0.5) is 14.5 Å². The van der Waals surface area contributed by atoms with E-state index in [-0.39, 0.29) is 18.4 Å². The molecular formula is C18H21F2NO2. The summed E-state index contributed by atoms with van der Waals surface area (Å²) in [6.07, 6.45) is 1.50. The van der Waals surface area contributed by atoms with Crippen LogP contribution in [0, 0.1) is 0 Å². The number of alkyl halides is 2. The van der Waals surface area contributed by atoms with Crippen LogP contribution in [0.2, 0.25) is 0 Å². The van der Waals surface area contributed by atoms with Crippen LogP contribution in [0.1, 0.15) is 30.5 Å². The molecule has 1 atom stereocenters. The lowest BCUT2D eigenvalue weighted by molar-refractivity contribution is -0.0498. The van der Waals surface area contributed by atoms with Gasteiger partial charge in [-0.3, -0.25) is 0 Å². The van der Waals surface area contributed by atoms with E-state index in [2.05, 4.69) is 17.0 Å². The van der Waals surface area contributed by atoms with Crippen LogP contribution in [0.15, 0.2) is 48.5 Å². The predicted octanol–water partition coefficient (Wildman–Crippen LogP) is 4.39. The van der Waals surface area contributed by atoms with Crippen molar-refractivity contribution in [3.05, 3.63) is 59.7 Å². The molecule has 0 saturated carbocycles. The number of hydrogen-bond donors (Lipinski definition) is 2. The minimum atomic E-state index is -2.81. The first-order chi connectivity index (χ1) is 11.1. The fourth-order valence-electron chi connectivity index (χ4n) is 2.40. The minimum absolute atomic E-state index is 0.0827. The summed E-state index contributed by atoms with van der Waals surface area (Å²) in [6, 6.07) is 14.7. The summed E-state index contributed by atoms with van der Waals surface area (Å²) in [5.41, 5.74) is 3.07. The van der Waals surface area contributed by atoms with Gasteiger partial charge in [0.25, 0.3) is 0 Å². The van der Waals surface area contributed by atoms with Gasteiger partial charge in [-0.2, -0.15) is 8.78 Å². The first-order valence-corrected chi connectivity index (χ1v) is 7.63. The van der Waals surface area contributed by atoms with Gasteiger partial charge in [0.1, 0.15) is 5.75 Å². The molecule has 124 valence electrons. The van der Waals surface area contributed by atoms with Gasteiger partial charge in [0.2, 0.25) is 0 Å². The number of rotatable bonds is 8. The van der Waals surface area contributed by atoms with Crippen LogP contribution in [0.5, 0.6) is 5.75 Å². The van der Waals surface area contributed by atoms with Gasteiger partial charge in [0.05, 0.1) is 6.04 Å². The highest BCUT2D eigenvalue weighted by Gasteiger charge is 2.10. The third-order valence-electron chi connectivity index (χ3n) is 3.61. The molecule has 5 heteroatoms. The first kappa shape index (κ1) is 17.2. The highest BCUT2D eigenvalue weighted by Crippen LogP contribution is 2.25. The maximum Gasteiger partial charge on any atom is 0.387 e. The second kappa shape index (κ2) is 8.48. The predicted molar refractivity (Wildman–Crippen MR) is 87.0 cm³/mol. The summed E-state index contributed by atoms with van der Waals surface area (Å²) in [5, 5.41) is 12.3. The van der Waals surface area contributed by atoms with Gasteiger partial charge in [0, 0.05) is 12.3 Å². The van der Waals surface area contributed by atoms with Crippen LogP contribution in [0.3, 0.4) is 0 Å². The number of nitrogens with one attached hydrogen (secondary N) is 1. The van der Waals surface area contributed by atoms with Crippen molar-refractivity contribution in [3.63, 3.8) is 0 Å². The molecule has 0 aliphatic carbocycles. The molecule has 0 fully saturated rings. The van der Waals surface area contributed by atoms with Crippen molar-refractivity contribution in [2.75, 3.05) is 11.9 Å². The Morgan fingerprint density at radius 1 is 1.04 bits per heavy atom. The molecule has 3 nitrogen and oxygen atoms in total. The number of aliphatic hydroxyl groups is 1. The molecule has 2 aromatic rings. The molecule has 0 aromatic heterocycles. The molecule has 2 N–H and O–H groups in total. The Morgan fingerprint density at radius 2 is 1.70 bits per heavy atom. The van der Waals surface area contributed by atoms with Crippen molar-refractivity contribution in [2.45, 2.75) is 32.4 Å². The lowest BCUT2D eigenvalue weighted by atomic mass is 10.0. The van der Waals surface area contributed by atoms with Crippen molar-refractivity contribution in [1.29, 1.82) is 0 Å². The summed E-state index contributed by atoms with van der Waals surface area (Å²) >= 11 is 0. The molecule has 1 unspecified atom stereocenters. The van der Waals surface area contributed by atoms with Crippen molar-refractivity contribution in [2.24, 2.45) is 0 Å². The van der Waals surface area contributed by atoms with Gasteiger partial charge in [-0.05, 0) is 48.2 Å². The van der Waals surface area contributed by atoms with Crippen molar-refractivity contribution >= 4 is 5.69 Å². The highest BCUT2D eigenvalue weighted by atomic mass is 19.3. The molecule has 2 rings (SSSR count). The largest absolute Gasteiger partial charge is 0.435 e.